The third-order valence-electron chi connectivity index (χ3n) is 7.47. The average Bonchev–Trinajstić information content (AvgIpc) is 3.17. The van der Waals surface area contributed by atoms with Gasteiger partial charge in [-0.15, -0.1) is 0 Å². The second-order valence-electron chi connectivity index (χ2n) is 11.2. The third-order valence-corrected chi connectivity index (χ3v) is 9.52. The zero-order valence-corrected chi connectivity index (χ0v) is 24.7. The molecule has 230 valence electrons. The van der Waals surface area contributed by atoms with Gasteiger partial charge in [-0.3, -0.25) is 9.48 Å². The van der Waals surface area contributed by atoms with Gasteiger partial charge in [0, 0.05) is 30.4 Å². The number of alkyl halides is 5. The number of hydrogen-bond donors (Lipinski definition) is 2. The lowest BCUT2D eigenvalue weighted by molar-refractivity contribution is -0.211. The molecular formula is C26H34ClF5N4O4S. The standard InChI is InChI=1S/C26H34ClF5N4O4S/c1-5-36-21(17-7-6-15(12-18(17)40-23(28)29)13-24(2,3)26(30,31)32)19(27)20(35-36)22(37)34-14-25(33)10-8-16(9-11-25)41(4,38)39/h6-7,12,16,23H,5,8-11,13-14,33H2,1-4H3,(H,34,37)/t16-,25-. The number of halogens is 6. The van der Waals surface area contributed by atoms with E-state index in [9.17, 15) is 35.2 Å². The zero-order valence-electron chi connectivity index (χ0n) is 23.1. The molecule has 1 fully saturated rings. The molecule has 0 aliphatic heterocycles. The Kier molecular flexibility index (Phi) is 9.71. The molecule has 1 heterocycles. The smallest absolute Gasteiger partial charge is 0.394 e. The molecule has 15 heteroatoms. The monoisotopic (exact) mass is 628 g/mol. The number of nitrogens with one attached hydrogen (secondary N) is 1. The normalized spacial score (nSPS) is 20.3. The molecule has 3 N–H and O–H groups in total. The van der Waals surface area contributed by atoms with E-state index in [1.54, 1.807) is 6.92 Å². The molecule has 0 bridgehead atoms. The summed E-state index contributed by atoms with van der Waals surface area (Å²) in [5, 5.41) is 6.26. The summed E-state index contributed by atoms with van der Waals surface area (Å²) < 4.78 is 96.6. The molecule has 0 atom stereocenters. The third kappa shape index (κ3) is 7.69. The number of ether oxygens (including phenoxy) is 1. The molecule has 0 radical (unpaired) electrons. The van der Waals surface area contributed by atoms with Gasteiger partial charge in [-0.2, -0.15) is 27.1 Å². The van der Waals surface area contributed by atoms with Crippen LogP contribution in [0, 0.1) is 5.41 Å². The minimum atomic E-state index is -4.53. The minimum Gasteiger partial charge on any atom is -0.434 e. The molecule has 1 saturated carbocycles. The van der Waals surface area contributed by atoms with Gasteiger partial charge in [-0.05, 0) is 56.7 Å². The number of nitrogens with two attached hydrogens (primary N) is 1. The molecule has 1 aliphatic carbocycles. The first-order valence-corrected chi connectivity index (χ1v) is 15.3. The number of rotatable bonds is 10. The van der Waals surface area contributed by atoms with Crippen LogP contribution in [-0.2, 0) is 22.8 Å². The molecule has 1 aliphatic rings. The minimum absolute atomic E-state index is 0.0201. The number of carbonyl (C=O) groups is 1. The van der Waals surface area contributed by atoms with Gasteiger partial charge in [0.25, 0.3) is 5.91 Å². The van der Waals surface area contributed by atoms with Crippen LogP contribution in [0.3, 0.4) is 0 Å². The number of amides is 1. The summed E-state index contributed by atoms with van der Waals surface area (Å²) in [6.45, 7) is 0.606. The van der Waals surface area contributed by atoms with Gasteiger partial charge in [-0.1, -0.05) is 31.5 Å². The Morgan fingerprint density at radius 2 is 1.88 bits per heavy atom. The second kappa shape index (κ2) is 12.0. The highest BCUT2D eigenvalue weighted by molar-refractivity contribution is 7.91. The summed E-state index contributed by atoms with van der Waals surface area (Å²) >= 11 is 6.54. The fourth-order valence-corrected chi connectivity index (χ4v) is 6.27. The van der Waals surface area contributed by atoms with Crippen LogP contribution in [0.1, 0.15) is 62.5 Å². The molecule has 8 nitrogen and oxygen atoms in total. The highest BCUT2D eigenvalue weighted by Crippen LogP contribution is 2.43. The summed E-state index contributed by atoms with van der Waals surface area (Å²) in [4.78, 5) is 13.1. The molecule has 2 aromatic rings. The predicted molar refractivity (Wildman–Crippen MR) is 145 cm³/mol. The van der Waals surface area contributed by atoms with E-state index in [0.29, 0.717) is 25.7 Å². The Morgan fingerprint density at radius 1 is 1.27 bits per heavy atom. The molecule has 3 rings (SSSR count). The van der Waals surface area contributed by atoms with Crippen LogP contribution in [0.5, 0.6) is 5.75 Å². The summed E-state index contributed by atoms with van der Waals surface area (Å²) in [6, 6.07) is 3.77. The highest BCUT2D eigenvalue weighted by atomic mass is 35.5. The Morgan fingerprint density at radius 3 is 2.39 bits per heavy atom. The topological polar surface area (TPSA) is 116 Å². The molecule has 0 spiro atoms. The van der Waals surface area contributed by atoms with E-state index in [4.69, 9.17) is 17.3 Å². The lowest BCUT2D eigenvalue weighted by Gasteiger charge is -2.36. The van der Waals surface area contributed by atoms with Gasteiger partial charge in [-0.25, -0.2) is 8.42 Å². The maximum absolute atomic E-state index is 13.4. The summed E-state index contributed by atoms with van der Waals surface area (Å²) in [5.74, 6) is -1.10. The van der Waals surface area contributed by atoms with Gasteiger partial charge in [0.05, 0.1) is 21.4 Å². The molecule has 41 heavy (non-hydrogen) atoms. The van der Waals surface area contributed by atoms with Gasteiger partial charge in [0.15, 0.2) is 5.69 Å². The van der Waals surface area contributed by atoms with Crippen molar-refractivity contribution in [2.24, 2.45) is 11.1 Å². The second-order valence-corrected chi connectivity index (χ2v) is 13.9. The SMILES string of the molecule is CCn1nc(C(=O)NC[C@]2(N)CC[C@H](S(C)(=O)=O)CC2)c(Cl)c1-c1ccc(CC(C)(C)C(F)(F)F)cc1OC(F)F. The first-order valence-electron chi connectivity index (χ1n) is 12.9. The fraction of sp³-hybridized carbons (Fsp3) is 0.615. The van der Waals surface area contributed by atoms with Gasteiger partial charge in [0.2, 0.25) is 0 Å². The summed E-state index contributed by atoms with van der Waals surface area (Å²) in [5.41, 5.74) is 3.44. The number of aryl methyl sites for hydroxylation is 1. The van der Waals surface area contributed by atoms with Crippen molar-refractivity contribution in [1.29, 1.82) is 0 Å². The Hall–Kier alpha value is -2.45. The molecular weight excluding hydrogens is 595 g/mol. The maximum Gasteiger partial charge on any atom is 0.394 e. The number of hydrogen-bond acceptors (Lipinski definition) is 6. The van der Waals surface area contributed by atoms with Crippen LogP contribution >= 0.6 is 11.6 Å². The van der Waals surface area contributed by atoms with Crippen LogP contribution in [0.15, 0.2) is 18.2 Å². The van der Waals surface area contributed by atoms with Crippen LogP contribution < -0.4 is 15.8 Å². The molecule has 1 amide bonds. The van der Waals surface area contributed by atoms with Crippen LogP contribution in [0.4, 0.5) is 22.0 Å². The van der Waals surface area contributed by atoms with E-state index in [2.05, 4.69) is 15.2 Å². The van der Waals surface area contributed by atoms with Crippen molar-refractivity contribution in [2.75, 3.05) is 12.8 Å². The van der Waals surface area contributed by atoms with Crippen LogP contribution in [0.25, 0.3) is 11.3 Å². The van der Waals surface area contributed by atoms with Crippen molar-refractivity contribution in [3.05, 3.63) is 34.5 Å². The number of aromatic nitrogens is 2. The zero-order chi connectivity index (χ0) is 31.0. The van der Waals surface area contributed by atoms with Gasteiger partial charge in [0.1, 0.15) is 15.6 Å². The van der Waals surface area contributed by atoms with Crippen molar-refractivity contribution in [1.82, 2.24) is 15.1 Å². The average molecular weight is 629 g/mol. The van der Waals surface area contributed by atoms with E-state index < -0.39 is 56.9 Å². The summed E-state index contributed by atoms with van der Waals surface area (Å²) in [7, 11) is -3.20. The van der Waals surface area contributed by atoms with E-state index >= 15 is 0 Å². The van der Waals surface area contributed by atoms with E-state index in [-0.39, 0.29) is 40.6 Å². The first-order chi connectivity index (χ1) is 18.8. The molecule has 1 aromatic carbocycles. The number of sulfone groups is 1. The highest BCUT2D eigenvalue weighted by Gasteiger charge is 2.47. The van der Waals surface area contributed by atoms with Gasteiger partial charge >= 0.3 is 12.8 Å². The quantitative estimate of drug-likeness (QED) is 0.342. The Balaban J connectivity index is 1.89. The lowest BCUT2D eigenvalue weighted by atomic mass is 9.82. The van der Waals surface area contributed by atoms with Crippen LogP contribution in [-0.4, -0.2) is 60.5 Å². The largest absolute Gasteiger partial charge is 0.434 e. The van der Waals surface area contributed by atoms with Crippen molar-refractivity contribution < 1.29 is 39.9 Å². The van der Waals surface area contributed by atoms with E-state index in [1.807, 2.05) is 0 Å². The molecule has 0 unspecified atom stereocenters. The lowest BCUT2D eigenvalue weighted by Crippen LogP contribution is -2.53. The Labute approximate surface area is 240 Å². The van der Waals surface area contributed by atoms with E-state index in [0.717, 1.165) is 19.9 Å². The fourth-order valence-electron chi connectivity index (χ4n) is 4.86. The van der Waals surface area contributed by atoms with Crippen molar-refractivity contribution in [3.63, 3.8) is 0 Å². The summed E-state index contributed by atoms with van der Waals surface area (Å²) in [6.07, 6.45) is -2.36. The van der Waals surface area contributed by atoms with Gasteiger partial charge < -0.3 is 15.8 Å². The Bertz CT molecular complexity index is 1370. The maximum atomic E-state index is 13.4. The van der Waals surface area contributed by atoms with E-state index in [1.165, 1.54) is 23.1 Å². The molecule has 0 saturated heterocycles. The van der Waals surface area contributed by atoms with Crippen molar-refractivity contribution in [2.45, 2.75) is 83.0 Å². The predicted octanol–water partition coefficient (Wildman–Crippen LogP) is 5.37. The molecule has 1 aromatic heterocycles. The number of nitrogens with zero attached hydrogens (tertiary/aromatic N) is 2. The number of carbonyl (C=O) groups excluding carboxylic acids is 1. The van der Waals surface area contributed by atoms with Crippen LogP contribution in [0.2, 0.25) is 5.02 Å². The number of benzene rings is 1. The van der Waals surface area contributed by atoms with Crippen molar-refractivity contribution in [3.8, 4) is 17.0 Å². The first kappa shape index (κ1) is 33.1. The van der Waals surface area contributed by atoms with Crippen molar-refractivity contribution >= 4 is 27.3 Å².